The second-order valence-electron chi connectivity index (χ2n) is 4.81. The molecule has 22 heavy (non-hydrogen) atoms. The van der Waals surface area contributed by atoms with Gasteiger partial charge in [0.2, 0.25) is 0 Å². The van der Waals surface area contributed by atoms with Crippen LogP contribution < -0.4 is 0 Å². The van der Waals surface area contributed by atoms with Gasteiger partial charge in [-0.3, -0.25) is 5.10 Å². The Morgan fingerprint density at radius 2 is 1.95 bits per heavy atom. The molecule has 3 aromatic rings. The smallest absolute Gasteiger partial charge is 0.174 e. The Balaban J connectivity index is 2.03. The first-order valence-electron chi connectivity index (χ1n) is 7.40. The third-order valence-corrected chi connectivity index (χ3v) is 3.41. The number of furan rings is 1. The van der Waals surface area contributed by atoms with Gasteiger partial charge in [0.1, 0.15) is 29.4 Å². The van der Waals surface area contributed by atoms with Crippen LogP contribution in [0.15, 0.2) is 41.1 Å². The molecule has 0 bridgehead atoms. The van der Waals surface area contributed by atoms with Crippen molar-refractivity contribution in [2.45, 2.75) is 26.1 Å². The van der Waals surface area contributed by atoms with Crippen molar-refractivity contribution in [2.24, 2.45) is 0 Å². The molecule has 1 N–H and O–H groups in total. The number of para-hydroxylation sites is 1. The molecule has 0 fully saturated rings. The second kappa shape index (κ2) is 6.72. The van der Waals surface area contributed by atoms with Crippen LogP contribution in [0.2, 0.25) is 0 Å². The molecule has 0 saturated heterocycles. The summed E-state index contributed by atoms with van der Waals surface area (Å²) in [4.78, 5) is 4.26. The van der Waals surface area contributed by atoms with E-state index in [2.05, 4.69) is 15.2 Å². The van der Waals surface area contributed by atoms with Gasteiger partial charge >= 0.3 is 0 Å². The van der Waals surface area contributed by atoms with Crippen LogP contribution in [-0.4, -0.2) is 34.7 Å². The molecule has 0 aliphatic carbocycles. The van der Waals surface area contributed by atoms with Crippen LogP contribution in [0, 0.1) is 0 Å². The zero-order valence-corrected chi connectivity index (χ0v) is 12.7. The fourth-order valence-electron chi connectivity index (χ4n) is 2.49. The van der Waals surface area contributed by atoms with Gasteiger partial charge < -0.3 is 13.9 Å². The van der Waals surface area contributed by atoms with Crippen LogP contribution in [-0.2, 0) is 9.47 Å². The van der Waals surface area contributed by atoms with Crippen molar-refractivity contribution in [3.8, 4) is 0 Å². The molecule has 0 aliphatic heterocycles. The van der Waals surface area contributed by atoms with Crippen LogP contribution in [0.3, 0.4) is 0 Å². The Kier molecular flexibility index (Phi) is 4.50. The molecule has 2 heterocycles. The lowest BCUT2D eigenvalue weighted by atomic mass is 10.0. The van der Waals surface area contributed by atoms with Crippen molar-refractivity contribution >= 4 is 11.0 Å². The standard InChI is InChI=1S/C16H19N3O3/c1-3-20-16(21-4-2)14(15-17-10-18-19-15)13-9-11-7-5-6-8-12(11)22-13/h5-10,14,16H,3-4H2,1-2H3,(H,17,18,19). The van der Waals surface area contributed by atoms with E-state index >= 15 is 0 Å². The van der Waals surface area contributed by atoms with Gasteiger partial charge in [-0.05, 0) is 26.0 Å². The highest BCUT2D eigenvalue weighted by atomic mass is 16.7. The van der Waals surface area contributed by atoms with Crippen molar-refractivity contribution in [2.75, 3.05) is 13.2 Å². The van der Waals surface area contributed by atoms with Gasteiger partial charge in [-0.25, -0.2) is 4.98 Å². The lowest BCUT2D eigenvalue weighted by Crippen LogP contribution is -2.27. The summed E-state index contributed by atoms with van der Waals surface area (Å²) >= 11 is 0. The van der Waals surface area contributed by atoms with Gasteiger partial charge in [0.25, 0.3) is 0 Å². The molecular formula is C16H19N3O3. The molecule has 1 atom stereocenters. The summed E-state index contributed by atoms with van der Waals surface area (Å²) in [7, 11) is 0. The average Bonchev–Trinajstić information content (AvgIpc) is 3.17. The van der Waals surface area contributed by atoms with E-state index in [4.69, 9.17) is 13.9 Å². The molecule has 2 aromatic heterocycles. The van der Waals surface area contributed by atoms with E-state index in [-0.39, 0.29) is 5.92 Å². The molecule has 1 aromatic carbocycles. The van der Waals surface area contributed by atoms with Gasteiger partial charge in [0.15, 0.2) is 6.29 Å². The Morgan fingerprint density at radius 3 is 2.59 bits per heavy atom. The molecule has 6 nitrogen and oxygen atoms in total. The van der Waals surface area contributed by atoms with Crippen molar-refractivity contribution in [3.63, 3.8) is 0 Å². The number of ether oxygens (including phenoxy) is 2. The summed E-state index contributed by atoms with van der Waals surface area (Å²) in [6.07, 6.45) is 0.989. The van der Waals surface area contributed by atoms with Crippen LogP contribution >= 0.6 is 0 Å². The number of fused-ring (bicyclic) bond motifs is 1. The first-order valence-corrected chi connectivity index (χ1v) is 7.40. The van der Waals surface area contributed by atoms with Crippen molar-refractivity contribution in [1.29, 1.82) is 0 Å². The fraction of sp³-hybridized carbons (Fsp3) is 0.375. The number of rotatable bonds is 7. The third kappa shape index (κ3) is 2.88. The summed E-state index contributed by atoms with van der Waals surface area (Å²) in [5, 5.41) is 7.87. The number of H-pyrrole nitrogens is 1. The Morgan fingerprint density at radius 1 is 1.18 bits per heavy atom. The van der Waals surface area contributed by atoms with Crippen molar-refractivity contribution < 1.29 is 13.9 Å². The molecule has 0 amide bonds. The number of benzene rings is 1. The van der Waals surface area contributed by atoms with E-state index in [0.29, 0.717) is 19.0 Å². The van der Waals surface area contributed by atoms with E-state index in [1.807, 2.05) is 44.2 Å². The van der Waals surface area contributed by atoms with Crippen LogP contribution in [0.25, 0.3) is 11.0 Å². The fourth-order valence-corrected chi connectivity index (χ4v) is 2.49. The van der Waals surface area contributed by atoms with E-state index in [9.17, 15) is 0 Å². The van der Waals surface area contributed by atoms with E-state index in [1.165, 1.54) is 6.33 Å². The maximum Gasteiger partial charge on any atom is 0.174 e. The molecule has 0 radical (unpaired) electrons. The lowest BCUT2D eigenvalue weighted by Gasteiger charge is -2.23. The molecule has 116 valence electrons. The number of nitrogens with zero attached hydrogens (tertiary/aromatic N) is 2. The normalized spacial score (nSPS) is 13.0. The van der Waals surface area contributed by atoms with E-state index < -0.39 is 6.29 Å². The van der Waals surface area contributed by atoms with Gasteiger partial charge in [0.05, 0.1) is 0 Å². The number of nitrogens with one attached hydrogen (secondary N) is 1. The molecule has 0 saturated carbocycles. The third-order valence-electron chi connectivity index (χ3n) is 3.41. The molecule has 1 unspecified atom stereocenters. The number of aromatic amines is 1. The average molecular weight is 301 g/mol. The molecule has 3 rings (SSSR count). The topological polar surface area (TPSA) is 73.2 Å². The Labute approximate surface area is 128 Å². The van der Waals surface area contributed by atoms with Crippen LogP contribution in [0.4, 0.5) is 0 Å². The number of hydrogen-bond donors (Lipinski definition) is 1. The minimum absolute atomic E-state index is 0.296. The van der Waals surface area contributed by atoms with Gasteiger partial charge in [-0.1, -0.05) is 18.2 Å². The molecule has 0 aliphatic rings. The minimum atomic E-state index is -0.483. The highest BCUT2D eigenvalue weighted by molar-refractivity contribution is 5.77. The molecular weight excluding hydrogens is 282 g/mol. The summed E-state index contributed by atoms with van der Waals surface area (Å²) in [5.41, 5.74) is 0.828. The number of hydrogen-bond acceptors (Lipinski definition) is 5. The van der Waals surface area contributed by atoms with Crippen molar-refractivity contribution in [3.05, 3.63) is 48.2 Å². The first-order chi connectivity index (χ1) is 10.8. The minimum Gasteiger partial charge on any atom is -0.460 e. The summed E-state index contributed by atoms with van der Waals surface area (Å²) < 4.78 is 17.5. The first kappa shape index (κ1) is 14.7. The largest absolute Gasteiger partial charge is 0.460 e. The lowest BCUT2D eigenvalue weighted by molar-refractivity contribution is -0.147. The van der Waals surface area contributed by atoms with Gasteiger partial charge in [0, 0.05) is 18.6 Å². The Bertz CT molecular complexity index is 669. The second-order valence-corrected chi connectivity index (χ2v) is 4.81. The summed E-state index contributed by atoms with van der Waals surface area (Å²) in [6, 6.07) is 9.87. The van der Waals surface area contributed by atoms with Crippen LogP contribution in [0.5, 0.6) is 0 Å². The highest BCUT2D eigenvalue weighted by Crippen LogP contribution is 2.32. The van der Waals surface area contributed by atoms with E-state index in [0.717, 1.165) is 16.7 Å². The summed E-state index contributed by atoms with van der Waals surface area (Å²) in [5.74, 6) is 1.10. The van der Waals surface area contributed by atoms with Crippen molar-refractivity contribution in [1.82, 2.24) is 15.2 Å². The highest BCUT2D eigenvalue weighted by Gasteiger charge is 2.31. The monoisotopic (exact) mass is 301 g/mol. The molecule has 0 spiro atoms. The number of aromatic nitrogens is 3. The van der Waals surface area contributed by atoms with Gasteiger partial charge in [-0.15, -0.1) is 0 Å². The Hall–Kier alpha value is -2.18. The maximum atomic E-state index is 5.98. The summed E-state index contributed by atoms with van der Waals surface area (Å²) in [6.45, 7) is 4.94. The zero-order chi connectivity index (χ0) is 15.4. The maximum absolute atomic E-state index is 5.98. The van der Waals surface area contributed by atoms with Gasteiger partial charge in [-0.2, -0.15) is 5.10 Å². The zero-order valence-electron chi connectivity index (χ0n) is 12.7. The van der Waals surface area contributed by atoms with Crippen LogP contribution in [0.1, 0.15) is 31.4 Å². The predicted octanol–water partition coefficient (Wildman–Crippen LogP) is 3.08. The predicted molar refractivity (Wildman–Crippen MR) is 81.5 cm³/mol. The molecule has 6 heteroatoms. The quantitative estimate of drug-likeness (QED) is 0.679. The van der Waals surface area contributed by atoms with E-state index in [1.54, 1.807) is 0 Å². The SMILES string of the molecule is CCOC(OCC)C(c1ncn[nH]1)c1cc2ccccc2o1.